The monoisotopic (exact) mass is 427 g/mol. The number of sulfonamides is 1. The van der Waals surface area contributed by atoms with Gasteiger partial charge in [-0.2, -0.15) is 9.57 Å². The SMILES string of the molecule is N#Cc1ccc(S(=O)(=O)N2CCO[C@H](c3c(C(N)=O)sc4ccccc34)C2)cc1. The summed E-state index contributed by atoms with van der Waals surface area (Å²) in [6.07, 6.45) is -0.601. The summed E-state index contributed by atoms with van der Waals surface area (Å²) in [5.74, 6) is -0.558. The Morgan fingerprint density at radius 3 is 2.62 bits per heavy atom. The minimum absolute atomic E-state index is 0.0728. The van der Waals surface area contributed by atoms with Crippen molar-refractivity contribution >= 4 is 37.4 Å². The molecule has 29 heavy (non-hydrogen) atoms. The molecule has 1 aliphatic heterocycles. The van der Waals surface area contributed by atoms with Crippen LogP contribution in [-0.2, 0) is 14.8 Å². The van der Waals surface area contributed by atoms with Crippen molar-refractivity contribution in [1.82, 2.24) is 4.31 Å². The minimum atomic E-state index is -3.77. The van der Waals surface area contributed by atoms with Crippen molar-refractivity contribution in [1.29, 1.82) is 5.26 Å². The highest BCUT2D eigenvalue weighted by molar-refractivity contribution is 7.89. The van der Waals surface area contributed by atoms with Crippen LogP contribution in [0.5, 0.6) is 0 Å². The number of nitrogens with zero attached hydrogens (tertiary/aromatic N) is 2. The van der Waals surface area contributed by atoms with Gasteiger partial charge in [-0.3, -0.25) is 4.79 Å². The Labute approximate surface area is 172 Å². The Kier molecular flexibility index (Phi) is 5.10. The maximum absolute atomic E-state index is 13.1. The number of hydrogen-bond acceptors (Lipinski definition) is 6. The molecule has 148 valence electrons. The topological polar surface area (TPSA) is 113 Å². The molecule has 4 rings (SSSR count). The first-order chi connectivity index (χ1) is 13.9. The van der Waals surface area contributed by atoms with Gasteiger partial charge in [-0.1, -0.05) is 18.2 Å². The lowest BCUT2D eigenvalue weighted by atomic mass is 10.0. The third-order valence-electron chi connectivity index (χ3n) is 4.83. The number of nitriles is 1. The van der Waals surface area contributed by atoms with Crippen LogP contribution in [0.3, 0.4) is 0 Å². The normalized spacial score (nSPS) is 17.8. The molecule has 1 saturated heterocycles. The second kappa shape index (κ2) is 7.57. The Hall–Kier alpha value is -2.77. The number of amides is 1. The number of ether oxygens (including phenoxy) is 1. The molecule has 2 heterocycles. The average Bonchev–Trinajstić information content (AvgIpc) is 3.14. The van der Waals surface area contributed by atoms with Crippen LogP contribution in [0.15, 0.2) is 53.4 Å². The molecular weight excluding hydrogens is 410 g/mol. The quantitative estimate of drug-likeness (QED) is 0.688. The molecule has 0 unspecified atom stereocenters. The van der Waals surface area contributed by atoms with E-state index in [1.807, 2.05) is 30.3 Å². The predicted octanol–water partition coefficient (Wildman–Crippen LogP) is 2.63. The van der Waals surface area contributed by atoms with Crippen molar-refractivity contribution in [2.45, 2.75) is 11.0 Å². The molecule has 9 heteroatoms. The molecule has 3 aromatic rings. The first kappa shape index (κ1) is 19.5. The van der Waals surface area contributed by atoms with Crippen molar-refractivity contribution in [3.63, 3.8) is 0 Å². The summed E-state index contributed by atoms with van der Waals surface area (Å²) in [6, 6.07) is 15.3. The van der Waals surface area contributed by atoms with Crippen LogP contribution >= 0.6 is 11.3 Å². The summed E-state index contributed by atoms with van der Waals surface area (Å²) in [7, 11) is -3.77. The van der Waals surface area contributed by atoms with Crippen molar-refractivity contribution in [3.05, 3.63) is 64.5 Å². The summed E-state index contributed by atoms with van der Waals surface area (Å²) in [6.45, 7) is 0.471. The number of nitrogens with two attached hydrogens (primary N) is 1. The molecule has 1 amide bonds. The molecule has 1 aromatic heterocycles. The summed E-state index contributed by atoms with van der Waals surface area (Å²) < 4.78 is 34.3. The maximum Gasteiger partial charge on any atom is 0.259 e. The number of rotatable bonds is 4. The average molecular weight is 428 g/mol. The van der Waals surface area contributed by atoms with E-state index < -0.39 is 22.0 Å². The number of fused-ring (bicyclic) bond motifs is 1. The summed E-state index contributed by atoms with van der Waals surface area (Å²) in [4.78, 5) is 12.5. The molecule has 0 radical (unpaired) electrons. The lowest BCUT2D eigenvalue weighted by Gasteiger charge is -2.32. The first-order valence-corrected chi connectivity index (χ1v) is 11.1. The number of primary amides is 1. The van der Waals surface area contributed by atoms with E-state index >= 15 is 0 Å². The second-order valence-corrected chi connectivity index (χ2v) is 9.55. The van der Waals surface area contributed by atoms with E-state index in [1.165, 1.54) is 39.9 Å². The van der Waals surface area contributed by atoms with Crippen LogP contribution < -0.4 is 5.73 Å². The third-order valence-corrected chi connectivity index (χ3v) is 7.91. The number of benzene rings is 2. The van der Waals surface area contributed by atoms with E-state index in [1.54, 1.807) is 0 Å². The van der Waals surface area contributed by atoms with Crippen LogP contribution in [0.1, 0.15) is 26.9 Å². The van der Waals surface area contributed by atoms with Gasteiger partial charge in [-0.25, -0.2) is 8.42 Å². The fourth-order valence-electron chi connectivity index (χ4n) is 3.44. The zero-order valence-electron chi connectivity index (χ0n) is 15.2. The Bertz CT molecular complexity index is 1230. The Morgan fingerprint density at radius 1 is 1.21 bits per heavy atom. The van der Waals surface area contributed by atoms with Crippen molar-refractivity contribution in [3.8, 4) is 6.07 Å². The smallest absolute Gasteiger partial charge is 0.259 e. The van der Waals surface area contributed by atoms with E-state index in [2.05, 4.69) is 0 Å². The van der Waals surface area contributed by atoms with Gasteiger partial charge in [0.05, 0.1) is 34.1 Å². The van der Waals surface area contributed by atoms with Crippen LogP contribution in [0, 0.1) is 11.3 Å². The van der Waals surface area contributed by atoms with E-state index in [4.69, 9.17) is 15.7 Å². The van der Waals surface area contributed by atoms with E-state index in [0.717, 1.165) is 10.1 Å². The summed E-state index contributed by atoms with van der Waals surface area (Å²) in [5.41, 5.74) is 6.61. The molecular formula is C20H17N3O4S2. The van der Waals surface area contributed by atoms with E-state index in [-0.39, 0.29) is 24.6 Å². The molecule has 0 aliphatic carbocycles. The molecule has 7 nitrogen and oxygen atoms in total. The van der Waals surface area contributed by atoms with Gasteiger partial charge in [-0.05, 0) is 35.7 Å². The number of morpholine rings is 1. The van der Waals surface area contributed by atoms with Gasteiger partial charge in [0, 0.05) is 23.4 Å². The molecule has 1 aliphatic rings. The van der Waals surface area contributed by atoms with Gasteiger partial charge in [-0.15, -0.1) is 11.3 Å². The van der Waals surface area contributed by atoms with Crippen LogP contribution in [-0.4, -0.2) is 38.3 Å². The van der Waals surface area contributed by atoms with Crippen molar-refractivity contribution < 1.29 is 17.9 Å². The molecule has 2 aromatic carbocycles. The lowest BCUT2D eigenvalue weighted by Crippen LogP contribution is -2.42. The molecule has 1 fully saturated rings. The van der Waals surface area contributed by atoms with Gasteiger partial charge in [0.15, 0.2) is 0 Å². The number of carbonyl (C=O) groups is 1. The predicted molar refractivity (Wildman–Crippen MR) is 109 cm³/mol. The van der Waals surface area contributed by atoms with Crippen molar-refractivity contribution in [2.24, 2.45) is 5.73 Å². The van der Waals surface area contributed by atoms with Crippen molar-refractivity contribution in [2.75, 3.05) is 19.7 Å². The number of thiophene rings is 1. The van der Waals surface area contributed by atoms with Gasteiger partial charge in [0.2, 0.25) is 10.0 Å². The van der Waals surface area contributed by atoms with E-state index in [0.29, 0.717) is 16.0 Å². The molecule has 0 spiro atoms. The molecule has 0 bridgehead atoms. The number of hydrogen-bond donors (Lipinski definition) is 1. The maximum atomic E-state index is 13.1. The lowest BCUT2D eigenvalue weighted by molar-refractivity contribution is -0.00188. The summed E-state index contributed by atoms with van der Waals surface area (Å²) >= 11 is 1.28. The molecule has 0 saturated carbocycles. The van der Waals surface area contributed by atoms with Gasteiger partial charge < -0.3 is 10.5 Å². The minimum Gasteiger partial charge on any atom is -0.371 e. The fourth-order valence-corrected chi connectivity index (χ4v) is 5.97. The molecule has 2 N–H and O–H groups in total. The molecule has 1 atom stereocenters. The summed E-state index contributed by atoms with van der Waals surface area (Å²) in [5, 5.41) is 9.76. The van der Waals surface area contributed by atoms with E-state index in [9.17, 15) is 13.2 Å². The largest absolute Gasteiger partial charge is 0.371 e. The van der Waals surface area contributed by atoms with Crippen LogP contribution in [0.2, 0.25) is 0 Å². The van der Waals surface area contributed by atoms with Gasteiger partial charge in [0.25, 0.3) is 5.91 Å². The third kappa shape index (κ3) is 3.52. The van der Waals surface area contributed by atoms with Gasteiger partial charge >= 0.3 is 0 Å². The van der Waals surface area contributed by atoms with Crippen LogP contribution in [0.4, 0.5) is 0 Å². The second-order valence-electron chi connectivity index (χ2n) is 6.56. The Morgan fingerprint density at radius 2 is 1.93 bits per heavy atom. The fraction of sp³-hybridized carbons (Fsp3) is 0.200. The Balaban J connectivity index is 1.70. The zero-order chi connectivity index (χ0) is 20.6. The standard InChI is InChI=1S/C20H17N3O4S2/c21-11-13-5-7-14(8-6-13)29(25,26)23-9-10-27-16(12-23)18-15-3-1-2-4-17(15)28-19(18)20(22)24/h1-8,16H,9-10,12H2,(H2,22,24)/t16-/m0/s1. The zero-order valence-corrected chi connectivity index (χ0v) is 16.9. The highest BCUT2D eigenvalue weighted by Crippen LogP contribution is 2.38. The highest BCUT2D eigenvalue weighted by Gasteiger charge is 2.34. The number of carbonyl (C=O) groups excluding carboxylic acids is 1. The highest BCUT2D eigenvalue weighted by atomic mass is 32.2. The van der Waals surface area contributed by atoms with Gasteiger partial charge in [0.1, 0.15) is 0 Å². The van der Waals surface area contributed by atoms with Crippen LogP contribution in [0.25, 0.3) is 10.1 Å². The first-order valence-electron chi connectivity index (χ1n) is 8.85.